The smallest absolute Gasteiger partial charge is 0.263 e. The van der Waals surface area contributed by atoms with Crippen LogP contribution >= 0.6 is 11.8 Å². The normalized spacial score (nSPS) is 11.3. The molecule has 0 aliphatic heterocycles. The molecule has 0 saturated heterocycles. The van der Waals surface area contributed by atoms with Gasteiger partial charge in [-0.25, -0.2) is 0 Å². The lowest BCUT2D eigenvalue weighted by atomic mass is 10.2. The van der Waals surface area contributed by atoms with Gasteiger partial charge in [-0.1, -0.05) is 59.4 Å². The maximum absolute atomic E-state index is 13.2. The third-order valence-corrected chi connectivity index (χ3v) is 5.82. The third kappa shape index (κ3) is 3.76. The summed E-state index contributed by atoms with van der Waals surface area (Å²) in [6, 6.07) is 18.7. The quantitative estimate of drug-likeness (QED) is 0.399. The van der Waals surface area contributed by atoms with E-state index in [9.17, 15) is 9.59 Å². The van der Waals surface area contributed by atoms with Gasteiger partial charge in [-0.05, 0) is 24.6 Å². The summed E-state index contributed by atoms with van der Waals surface area (Å²) in [7, 11) is 0. The molecule has 3 aromatic heterocycles. The molecule has 0 atom stereocenters. The van der Waals surface area contributed by atoms with E-state index in [1.165, 1.54) is 11.8 Å². The van der Waals surface area contributed by atoms with Crippen LogP contribution in [-0.4, -0.2) is 36.0 Å². The average Bonchev–Trinajstić information content (AvgIpc) is 3.42. The molecular weight excluding hydrogens is 428 g/mol. The fraction of sp³-hybridized carbons (Fsp3) is 0.136. The van der Waals surface area contributed by atoms with Gasteiger partial charge < -0.3 is 9.84 Å². The van der Waals surface area contributed by atoms with Gasteiger partial charge in [0.25, 0.3) is 5.56 Å². The first kappa shape index (κ1) is 20.0. The number of nitrogens with one attached hydrogen (secondary N) is 1. The molecule has 3 heterocycles. The lowest BCUT2D eigenvalue weighted by molar-refractivity contribution is -0.113. The average molecular weight is 446 g/mol. The highest BCUT2D eigenvalue weighted by atomic mass is 32.2. The Bertz CT molecular complexity index is 1490. The number of hydrogen-bond donors (Lipinski definition) is 1. The number of aryl methyl sites for hydroxylation is 1. The van der Waals surface area contributed by atoms with E-state index in [1.807, 2.05) is 52.9 Å². The maximum atomic E-state index is 13.2. The number of carbonyl (C=O) groups excluding carboxylic acids is 1. The number of nitrogens with zero attached hydrogens (tertiary/aromatic N) is 5. The lowest BCUT2D eigenvalue weighted by Gasteiger charge is -2.11. The van der Waals surface area contributed by atoms with E-state index < -0.39 is 0 Å². The predicted octanol–water partition coefficient (Wildman–Crippen LogP) is 3.12. The van der Waals surface area contributed by atoms with Crippen LogP contribution in [0.15, 0.2) is 75.1 Å². The number of hydrogen-bond acceptors (Lipinski definition) is 7. The minimum atomic E-state index is -0.248. The zero-order chi connectivity index (χ0) is 22.1. The standard InChI is InChI=1S/C22H18N6O3S/c1-14-11-18(26-31-14)23-19(29)13-32-22-25-24-21-27(12-15-7-3-2-4-8-15)20(30)16-9-5-6-10-17(16)28(21)22/h2-11H,12-13H2,1H3,(H,23,26,29). The molecule has 9 nitrogen and oxygen atoms in total. The van der Waals surface area contributed by atoms with Crippen molar-refractivity contribution in [3.8, 4) is 0 Å². The van der Waals surface area contributed by atoms with Gasteiger partial charge in [-0.2, -0.15) is 0 Å². The van der Waals surface area contributed by atoms with Crippen molar-refractivity contribution in [2.24, 2.45) is 0 Å². The highest BCUT2D eigenvalue weighted by molar-refractivity contribution is 7.99. The summed E-state index contributed by atoms with van der Waals surface area (Å²) >= 11 is 1.23. The number of carbonyl (C=O) groups is 1. The second-order valence-corrected chi connectivity index (χ2v) is 8.11. The molecule has 0 spiro atoms. The van der Waals surface area contributed by atoms with Crippen LogP contribution in [0.3, 0.4) is 0 Å². The minimum Gasteiger partial charge on any atom is -0.360 e. The van der Waals surface area contributed by atoms with Crippen LogP contribution < -0.4 is 10.9 Å². The lowest BCUT2D eigenvalue weighted by Crippen LogP contribution is -2.24. The number of para-hydroxylation sites is 1. The molecule has 5 rings (SSSR count). The zero-order valence-electron chi connectivity index (χ0n) is 17.1. The van der Waals surface area contributed by atoms with Crippen LogP contribution in [0.4, 0.5) is 5.82 Å². The van der Waals surface area contributed by atoms with Gasteiger partial charge in [0.05, 0.1) is 23.2 Å². The molecule has 0 fully saturated rings. The largest absolute Gasteiger partial charge is 0.360 e. The summed E-state index contributed by atoms with van der Waals surface area (Å²) in [5, 5.41) is 16.1. The van der Waals surface area contributed by atoms with E-state index in [2.05, 4.69) is 20.7 Å². The second-order valence-electron chi connectivity index (χ2n) is 7.17. The van der Waals surface area contributed by atoms with Crippen molar-refractivity contribution in [3.63, 3.8) is 0 Å². The van der Waals surface area contributed by atoms with Crippen LogP contribution in [0.25, 0.3) is 16.7 Å². The Kier molecular flexibility index (Phi) is 5.20. The number of amides is 1. The van der Waals surface area contributed by atoms with Gasteiger partial charge in [0, 0.05) is 6.07 Å². The summed E-state index contributed by atoms with van der Waals surface area (Å²) < 4.78 is 8.39. The van der Waals surface area contributed by atoms with Crippen LogP contribution in [0, 0.1) is 6.92 Å². The Morgan fingerprint density at radius 2 is 1.88 bits per heavy atom. The molecular formula is C22H18N6O3S. The number of benzene rings is 2. The van der Waals surface area contributed by atoms with Crippen LogP contribution in [0.5, 0.6) is 0 Å². The Morgan fingerprint density at radius 3 is 2.66 bits per heavy atom. The summed E-state index contributed by atoms with van der Waals surface area (Å²) in [6.07, 6.45) is 0. The summed E-state index contributed by atoms with van der Waals surface area (Å²) in [4.78, 5) is 25.6. The van der Waals surface area contributed by atoms with Crippen LogP contribution in [0.1, 0.15) is 11.3 Å². The van der Waals surface area contributed by atoms with Crippen LogP contribution in [0.2, 0.25) is 0 Å². The number of aromatic nitrogens is 5. The highest BCUT2D eigenvalue weighted by Crippen LogP contribution is 2.22. The summed E-state index contributed by atoms with van der Waals surface area (Å²) in [5.74, 6) is 1.24. The number of rotatable bonds is 6. The molecule has 0 unspecified atom stereocenters. The van der Waals surface area contributed by atoms with Gasteiger partial charge in [0.2, 0.25) is 11.7 Å². The van der Waals surface area contributed by atoms with E-state index in [0.717, 1.165) is 5.56 Å². The molecule has 0 radical (unpaired) electrons. The van der Waals surface area contributed by atoms with E-state index in [4.69, 9.17) is 4.52 Å². The van der Waals surface area contributed by atoms with E-state index in [1.54, 1.807) is 23.6 Å². The maximum Gasteiger partial charge on any atom is 0.263 e. The summed E-state index contributed by atoms with van der Waals surface area (Å²) in [6.45, 7) is 2.11. The van der Waals surface area contributed by atoms with Crippen molar-refractivity contribution in [1.29, 1.82) is 0 Å². The monoisotopic (exact) mass is 446 g/mol. The fourth-order valence-electron chi connectivity index (χ4n) is 3.47. The Balaban J connectivity index is 1.52. The molecule has 0 aliphatic carbocycles. The van der Waals surface area contributed by atoms with Crippen molar-refractivity contribution in [1.82, 2.24) is 24.3 Å². The summed E-state index contributed by atoms with van der Waals surface area (Å²) in [5.41, 5.74) is 1.53. The van der Waals surface area contributed by atoms with Gasteiger partial charge in [-0.15, -0.1) is 10.2 Å². The molecule has 2 aromatic carbocycles. The van der Waals surface area contributed by atoms with Gasteiger partial charge >= 0.3 is 0 Å². The van der Waals surface area contributed by atoms with Gasteiger partial charge in [0.15, 0.2) is 11.0 Å². The first-order chi connectivity index (χ1) is 15.6. The van der Waals surface area contributed by atoms with Crippen molar-refractivity contribution in [2.45, 2.75) is 18.6 Å². The Morgan fingerprint density at radius 1 is 1.09 bits per heavy atom. The molecule has 0 saturated carbocycles. The molecule has 10 heteroatoms. The van der Waals surface area contributed by atoms with E-state index in [-0.39, 0.29) is 17.2 Å². The number of anilines is 1. The van der Waals surface area contributed by atoms with E-state index >= 15 is 0 Å². The molecule has 0 aliphatic rings. The van der Waals surface area contributed by atoms with Crippen molar-refractivity contribution >= 4 is 40.2 Å². The number of fused-ring (bicyclic) bond motifs is 3. The molecule has 5 aromatic rings. The highest BCUT2D eigenvalue weighted by Gasteiger charge is 2.18. The molecule has 1 amide bonds. The molecule has 1 N–H and O–H groups in total. The van der Waals surface area contributed by atoms with Crippen LogP contribution in [-0.2, 0) is 11.3 Å². The van der Waals surface area contributed by atoms with Gasteiger partial charge in [-0.3, -0.25) is 18.6 Å². The first-order valence-corrected chi connectivity index (χ1v) is 10.9. The minimum absolute atomic E-state index is 0.0961. The van der Waals surface area contributed by atoms with Crippen molar-refractivity contribution < 1.29 is 9.32 Å². The number of thioether (sulfide) groups is 1. The molecule has 32 heavy (non-hydrogen) atoms. The van der Waals surface area contributed by atoms with E-state index in [0.29, 0.717) is 40.0 Å². The third-order valence-electron chi connectivity index (χ3n) is 4.89. The Hall–Kier alpha value is -3.92. The SMILES string of the molecule is Cc1cc(NC(=O)CSc2nnc3n(Cc4ccccc4)c(=O)c4ccccc4n23)no1. The predicted molar refractivity (Wildman–Crippen MR) is 121 cm³/mol. The van der Waals surface area contributed by atoms with Crippen molar-refractivity contribution in [3.05, 3.63) is 82.3 Å². The zero-order valence-corrected chi connectivity index (χ0v) is 17.9. The fourth-order valence-corrected chi connectivity index (χ4v) is 4.21. The van der Waals surface area contributed by atoms with Gasteiger partial charge in [0.1, 0.15) is 5.76 Å². The Labute approximate surface area is 186 Å². The molecule has 160 valence electrons. The topological polar surface area (TPSA) is 107 Å². The molecule has 0 bridgehead atoms. The second kappa shape index (κ2) is 8.31. The van der Waals surface area contributed by atoms with Crippen molar-refractivity contribution in [2.75, 3.05) is 11.1 Å². The first-order valence-electron chi connectivity index (χ1n) is 9.87.